The first-order chi connectivity index (χ1) is 9.24. The van der Waals surface area contributed by atoms with Gasteiger partial charge in [0.1, 0.15) is 5.82 Å². The topological polar surface area (TPSA) is 72.5 Å². The lowest BCUT2D eigenvalue weighted by molar-refractivity contribution is 0.840. The van der Waals surface area contributed by atoms with Gasteiger partial charge < -0.3 is 5.73 Å². The minimum Gasteiger partial charge on any atom is -0.383 e. The van der Waals surface area contributed by atoms with E-state index in [2.05, 4.69) is 26.1 Å². The second-order valence-electron chi connectivity index (χ2n) is 4.89. The highest BCUT2D eigenvalue weighted by Crippen LogP contribution is 2.43. The summed E-state index contributed by atoms with van der Waals surface area (Å²) in [6, 6.07) is 8.01. The fourth-order valence-corrected chi connectivity index (χ4v) is 2.77. The number of nitrogen functional groups attached to an aromatic ring is 1. The Bertz CT molecular complexity index is 769. The maximum atomic E-state index is 5.98. The van der Waals surface area contributed by atoms with Gasteiger partial charge in [0.15, 0.2) is 5.65 Å². The van der Waals surface area contributed by atoms with Crippen molar-refractivity contribution in [1.29, 1.82) is 0 Å². The van der Waals surface area contributed by atoms with Gasteiger partial charge in [-0.05, 0) is 31.0 Å². The van der Waals surface area contributed by atoms with E-state index < -0.39 is 0 Å². The fourth-order valence-electron chi connectivity index (χ4n) is 2.39. The van der Waals surface area contributed by atoms with E-state index >= 15 is 0 Å². The van der Waals surface area contributed by atoms with Crippen LogP contribution in [0, 0.1) is 0 Å². The Morgan fingerprint density at radius 1 is 1.37 bits per heavy atom. The summed E-state index contributed by atoms with van der Waals surface area (Å²) < 4.78 is 2.88. The highest BCUT2D eigenvalue weighted by Gasteiger charge is 2.31. The predicted molar refractivity (Wildman–Crippen MR) is 77.3 cm³/mol. The zero-order valence-corrected chi connectivity index (χ0v) is 11.7. The molecular weight excluding hydrogens is 306 g/mol. The summed E-state index contributed by atoms with van der Waals surface area (Å²) in [4.78, 5) is 0. The zero-order valence-electron chi connectivity index (χ0n) is 10.1. The smallest absolute Gasteiger partial charge is 0.186 e. The van der Waals surface area contributed by atoms with Gasteiger partial charge in [0, 0.05) is 10.4 Å². The molecule has 4 rings (SSSR count). The van der Waals surface area contributed by atoms with E-state index in [1.54, 1.807) is 0 Å². The second kappa shape index (κ2) is 3.84. The van der Waals surface area contributed by atoms with Gasteiger partial charge in [-0.15, -0.1) is 0 Å². The van der Waals surface area contributed by atoms with E-state index in [1.807, 2.05) is 28.9 Å². The molecule has 5 nitrogen and oxygen atoms in total. The van der Waals surface area contributed by atoms with Crippen LogP contribution in [0.25, 0.3) is 16.7 Å². The third-order valence-electron chi connectivity index (χ3n) is 3.46. The fraction of sp³-hybridized carbons (Fsp3) is 0.231. The Morgan fingerprint density at radius 3 is 2.95 bits per heavy atom. The molecule has 2 heterocycles. The molecule has 0 atom stereocenters. The number of halogens is 1. The summed E-state index contributed by atoms with van der Waals surface area (Å²) in [7, 11) is 0. The maximum Gasteiger partial charge on any atom is 0.186 e. The maximum absolute atomic E-state index is 5.98. The number of aromatic nitrogens is 4. The molecule has 0 radical (unpaired) electrons. The van der Waals surface area contributed by atoms with Crippen molar-refractivity contribution in [2.24, 2.45) is 0 Å². The molecule has 0 aliphatic heterocycles. The first-order valence-electron chi connectivity index (χ1n) is 6.22. The Kier molecular flexibility index (Phi) is 2.23. The van der Waals surface area contributed by atoms with Crippen LogP contribution in [0.4, 0.5) is 5.82 Å². The van der Waals surface area contributed by atoms with E-state index in [1.165, 1.54) is 12.8 Å². The van der Waals surface area contributed by atoms with Crippen LogP contribution in [-0.4, -0.2) is 20.0 Å². The minimum absolute atomic E-state index is 0.538. The molecule has 1 aliphatic carbocycles. The van der Waals surface area contributed by atoms with Crippen LogP contribution in [0.2, 0.25) is 0 Å². The van der Waals surface area contributed by atoms with Crippen molar-refractivity contribution in [2.75, 3.05) is 5.73 Å². The van der Waals surface area contributed by atoms with E-state index in [9.17, 15) is 0 Å². The van der Waals surface area contributed by atoms with E-state index in [0.717, 1.165) is 26.9 Å². The van der Waals surface area contributed by atoms with E-state index in [4.69, 9.17) is 10.8 Å². The van der Waals surface area contributed by atoms with Crippen LogP contribution >= 0.6 is 15.9 Å². The molecule has 96 valence electrons. The first kappa shape index (κ1) is 11.0. The third-order valence-corrected chi connectivity index (χ3v) is 3.95. The van der Waals surface area contributed by atoms with Crippen molar-refractivity contribution in [1.82, 2.24) is 20.0 Å². The monoisotopic (exact) mass is 317 g/mol. The quantitative estimate of drug-likeness (QED) is 0.763. The minimum atomic E-state index is 0.538. The molecule has 0 saturated heterocycles. The second-order valence-corrected chi connectivity index (χ2v) is 5.80. The molecule has 1 fully saturated rings. The molecule has 2 aromatic heterocycles. The molecule has 1 aliphatic rings. The number of anilines is 1. The molecule has 6 heteroatoms. The Balaban J connectivity index is 1.99. The summed E-state index contributed by atoms with van der Waals surface area (Å²) in [6.07, 6.45) is 2.38. The summed E-state index contributed by atoms with van der Waals surface area (Å²) in [5.41, 5.74) is 8.84. The molecule has 19 heavy (non-hydrogen) atoms. The summed E-state index contributed by atoms with van der Waals surface area (Å²) in [5, 5.41) is 12.8. The lowest BCUT2D eigenvalue weighted by atomic mass is 10.2. The number of aromatic amines is 1. The lowest BCUT2D eigenvalue weighted by Crippen LogP contribution is -1.98. The van der Waals surface area contributed by atoms with Crippen molar-refractivity contribution < 1.29 is 0 Å². The number of rotatable bonds is 2. The number of fused-ring (bicyclic) bond motifs is 1. The molecule has 0 spiro atoms. The summed E-state index contributed by atoms with van der Waals surface area (Å²) >= 11 is 3.48. The molecule has 0 bridgehead atoms. The first-order valence-corrected chi connectivity index (χ1v) is 7.02. The van der Waals surface area contributed by atoms with Crippen molar-refractivity contribution >= 4 is 32.8 Å². The number of benzene rings is 1. The van der Waals surface area contributed by atoms with Crippen molar-refractivity contribution in [3.63, 3.8) is 0 Å². The highest BCUT2D eigenvalue weighted by atomic mass is 79.9. The van der Waals surface area contributed by atoms with Crippen LogP contribution in [0.1, 0.15) is 24.5 Å². The van der Waals surface area contributed by atoms with Gasteiger partial charge in [0.25, 0.3) is 0 Å². The standard InChI is InChI=1S/C13H12BrN5/c14-8-2-1-3-9(6-8)19-13-10(12(15)16-17-13)11(18-19)7-4-5-7/h1-3,6-7H,4-5H2,(H3,15,16,17). The third kappa shape index (κ3) is 1.67. The number of hydrogen-bond acceptors (Lipinski definition) is 3. The van der Waals surface area contributed by atoms with Crippen molar-refractivity contribution in [2.45, 2.75) is 18.8 Å². The van der Waals surface area contributed by atoms with Gasteiger partial charge >= 0.3 is 0 Å². The van der Waals surface area contributed by atoms with Crippen molar-refractivity contribution in [3.8, 4) is 5.69 Å². The lowest BCUT2D eigenvalue weighted by Gasteiger charge is -2.01. The summed E-state index contributed by atoms with van der Waals surface area (Å²) in [5.74, 6) is 1.15. The van der Waals surface area contributed by atoms with Gasteiger partial charge in [-0.25, -0.2) is 4.68 Å². The van der Waals surface area contributed by atoms with Crippen LogP contribution in [0.5, 0.6) is 0 Å². The van der Waals surface area contributed by atoms with Gasteiger partial charge in [-0.2, -0.15) is 10.2 Å². The molecule has 0 amide bonds. The molecule has 1 aromatic carbocycles. The Labute approximate surface area is 117 Å². The van der Waals surface area contributed by atoms with Gasteiger partial charge in [0.05, 0.1) is 16.8 Å². The summed E-state index contributed by atoms with van der Waals surface area (Å²) in [6.45, 7) is 0. The van der Waals surface area contributed by atoms with E-state index in [-0.39, 0.29) is 0 Å². The normalized spacial score (nSPS) is 15.2. The molecule has 3 aromatic rings. The molecule has 1 saturated carbocycles. The van der Waals surface area contributed by atoms with Gasteiger partial charge in [0.2, 0.25) is 0 Å². The number of nitrogens with one attached hydrogen (secondary N) is 1. The molecular formula is C13H12BrN5. The number of nitrogens with two attached hydrogens (primary N) is 1. The SMILES string of the molecule is Nc1[nH]nc2c1c(C1CC1)nn2-c1cccc(Br)c1. The van der Waals surface area contributed by atoms with Gasteiger partial charge in [-0.3, -0.25) is 5.10 Å². The number of nitrogens with zero attached hydrogens (tertiary/aromatic N) is 3. The van der Waals surface area contributed by atoms with Crippen LogP contribution in [0.3, 0.4) is 0 Å². The molecule has 0 unspecified atom stereocenters. The van der Waals surface area contributed by atoms with Crippen LogP contribution < -0.4 is 5.73 Å². The molecule has 3 N–H and O–H groups in total. The average Bonchev–Trinajstić information content (AvgIpc) is 3.06. The Morgan fingerprint density at radius 2 is 2.21 bits per heavy atom. The largest absolute Gasteiger partial charge is 0.383 e. The van der Waals surface area contributed by atoms with Crippen LogP contribution in [0.15, 0.2) is 28.7 Å². The van der Waals surface area contributed by atoms with Crippen LogP contribution in [-0.2, 0) is 0 Å². The predicted octanol–water partition coefficient (Wildman–Crippen LogP) is 2.97. The number of H-pyrrole nitrogens is 1. The van der Waals surface area contributed by atoms with E-state index in [0.29, 0.717) is 11.7 Å². The Hall–Kier alpha value is -1.82. The number of hydrogen-bond donors (Lipinski definition) is 2. The van der Waals surface area contributed by atoms with Crippen molar-refractivity contribution in [3.05, 3.63) is 34.4 Å². The van der Waals surface area contributed by atoms with Gasteiger partial charge in [-0.1, -0.05) is 22.0 Å². The highest BCUT2D eigenvalue weighted by molar-refractivity contribution is 9.10. The average molecular weight is 318 g/mol. The zero-order chi connectivity index (χ0) is 13.0.